The maximum Gasteiger partial charge on any atom is 0.415 e. The van der Waals surface area contributed by atoms with Gasteiger partial charge in [-0.05, 0) is 26.0 Å². The van der Waals surface area contributed by atoms with Gasteiger partial charge in [0.2, 0.25) is 0 Å². The van der Waals surface area contributed by atoms with Crippen molar-refractivity contribution in [1.29, 1.82) is 0 Å². The van der Waals surface area contributed by atoms with Crippen LogP contribution in [0.4, 0.5) is 4.79 Å². The van der Waals surface area contributed by atoms with Gasteiger partial charge in [-0.3, -0.25) is 4.90 Å². The Balaban J connectivity index is 1.92. The van der Waals surface area contributed by atoms with Crippen LogP contribution in [0.15, 0.2) is 30.3 Å². The van der Waals surface area contributed by atoms with Gasteiger partial charge >= 0.3 is 6.09 Å². The Morgan fingerprint density at radius 2 is 1.81 bits per heavy atom. The van der Waals surface area contributed by atoms with E-state index in [-0.39, 0.29) is 6.09 Å². The van der Waals surface area contributed by atoms with E-state index < -0.39 is 0 Å². The second-order valence-electron chi connectivity index (χ2n) is 5.51. The van der Waals surface area contributed by atoms with E-state index in [1.165, 1.54) is 0 Å². The lowest BCUT2D eigenvalue weighted by atomic mass is 10.1. The molecule has 0 N–H and O–H groups in total. The van der Waals surface area contributed by atoms with Crippen molar-refractivity contribution in [2.45, 2.75) is 25.9 Å². The highest BCUT2D eigenvalue weighted by molar-refractivity contribution is 5.70. The van der Waals surface area contributed by atoms with Crippen LogP contribution in [-0.2, 0) is 4.74 Å². The number of carbonyl (C=O) groups is 1. The maximum absolute atomic E-state index is 12.2. The molecule has 0 radical (unpaired) electrons. The number of para-hydroxylation sites is 1. The molecule has 2 unspecified atom stereocenters. The van der Waals surface area contributed by atoms with Crippen molar-refractivity contribution in [1.82, 2.24) is 9.80 Å². The van der Waals surface area contributed by atoms with Crippen molar-refractivity contribution in [3.05, 3.63) is 30.3 Å². The second kappa shape index (κ2) is 7.43. The van der Waals surface area contributed by atoms with Gasteiger partial charge in [0.25, 0.3) is 0 Å². The molecule has 5 heteroatoms. The van der Waals surface area contributed by atoms with Gasteiger partial charge in [0.05, 0.1) is 6.61 Å². The predicted octanol–water partition coefficient (Wildman–Crippen LogP) is 2.23. The monoisotopic (exact) mass is 292 g/mol. The number of hydrogen-bond donors (Lipinski definition) is 0. The van der Waals surface area contributed by atoms with Gasteiger partial charge in [0.15, 0.2) is 0 Å². The topological polar surface area (TPSA) is 42.0 Å². The van der Waals surface area contributed by atoms with Crippen molar-refractivity contribution in [2.24, 2.45) is 0 Å². The van der Waals surface area contributed by atoms with Gasteiger partial charge in [-0.1, -0.05) is 18.2 Å². The van der Waals surface area contributed by atoms with Crippen LogP contribution < -0.4 is 4.74 Å². The summed E-state index contributed by atoms with van der Waals surface area (Å²) >= 11 is 0. The Labute approximate surface area is 126 Å². The molecule has 0 bridgehead atoms. The molecule has 1 fully saturated rings. The summed E-state index contributed by atoms with van der Waals surface area (Å²) in [5.41, 5.74) is 0. The van der Waals surface area contributed by atoms with E-state index in [1.54, 1.807) is 24.1 Å². The summed E-state index contributed by atoms with van der Waals surface area (Å²) in [5.74, 6) is 0.588. The van der Waals surface area contributed by atoms with Gasteiger partial charge in [-0.25, -0.2) is 4.79 Å². The first-order chi connectivity index (χ1) is 10.1. The lowest BCUT2D eigenvalue weighted by Gasteiger charge is -2.43. The molecule has 1 aromatic carbocycles. The van der Waals surface area contributed by atoms with Gasteiger partial charge in [0.1, 0.15) is 5.75 Å². The third-order valence-electron chi connectivity index (χ3n) is 3.86. The minimum Gasteiger partial charge on any atom is -0.410 e. The van der Waals surface area contributed by atoms with Crippen LogP contribution in [0.2, 0.25) is 0 Å². The van der Waals surface area contributed by atoms with Crippen molar-refractivity contribution in [2.75, 3.05) is 33.4 Å². The minimum absolute atomic E-state index is 0.272. The number of methoxy groups -OCH3 is 1. The summed E-state index contributed by atoms with van der Waals surface area (Å²) < 4.78 is 10.6. The summed E-state index contributed by atoms with van der Waals surface area (Å²) in [6.45, 7) is 7.23. The van der Waals surface area contributed by atoms with Gasteiger partial charge in [0, 0.05) is 38.8 Å². The zero-order valence-electron chi connectivity index (χ0n) is 13.0. The number of rotatable bonds is 4. The maximum atomic E-state index is 12.2. The molecule has 0 aliphatic carbocycles. The fraction of sp³-hybridized carbons (Fsp3) is 0.562. The molecule has 1 aliphatic rings. The molecule has 1 aromatic rings. The van der Waals surface area contributed by atoms with Gasteiger partial charge in [-0.15, -0.1) is 0 Å². The van der Waals surface area contributed by atoms with E-state index in [0.717, 1.165) is 6.54 Å². The summed E-state index contributed by atoms with van der Waals surface area (Å²) in [6.07, 6.45) is -0.272. The van der Waals surface area contributed by atoms with Crippen molar-refractivity contribution in [3.8, 4) is 5.75 Å². The normalized spacial score (nSPS) is 23.1. The highest BCUT2D eigenvalue weighted by Crippen LogP contribution is 2.17. The van der Waals surface area contributed by atoms with Crippen molar-refractivity contribution < 1.29 is 14.3 Å². The van der Waals surface area contributed by atoms with E-state index in [1.807, 2.05) is 18.2 Å². The number of nitrogens with zero attached hydrogens (tertiary/aromatic N) is 2. The number of piperazine rings is 1. The Morgan fingerprint density at radius 1 is 1.19 bits per heavy atom. The quantitative estimate of drug-likeness (QED) is 0.853. The smallest absolute Gasteiger partial charge is 0.410 e. The SMILES string of the molecule is COCCN1C(C)CN(C(=O)Oc2ccccc2)CC1C. The van der Waals surface area contributed by atoms with E-state index in [0.29, 0.717) is 37.5 Å². The molecule has 1 saturated heterocycles. The molecular formula is C16H24N2O3. The molecule has 0 aromatic heterocycles. The predicted molar refractivity (Wildman–Crippen MR) is 81.5 cm³/mol. The fourth-order valence-corrected chi connectivity index (χ4v) is 2.80. The first-order valence-electron chi connectivity index (χ1n) is 7.38. The Kier molecular flexibility index (Phi) is 5.59. The third-order valence-corrected chi connectivity index (χ3v) is 3.86. The van der Waals surface area contributed by atoms with E-state index in [4.69, 9.17) is 9.47 Å². The molecule has 0 spiro atoms. The minimum atomic E-state index is -0.272. The third kappa shape index (κ3) is 4.19. The van der Waals surface area contributed by atoms with Crippen molar-refractivity contribution in [3.63, 3.8) is 0 Å². The van der Waals surface area contributed by atoms with Crippen molar-refractivity contribution >= 4 is 6.09 Å². The number of ether oxygens (including phenoxy) is 2. The molecule has 116 valence electrons. The zero-order valence-corrected chi connectivity index (χ0v) is 13.0. The number of carbonyl (C=O) groups excluding carboxylic acids is 1. The first kappa shape index (κ1) is 15.8. The summed E-state index contributed by atoms with van der Waals surface area (Å²) in [4.78, 5) is 16.4. The second-order valence-corrected chi connectivity index (χ2v) is 5.51. The molecule has 2 rings (SSSR count). The fourth-order valence-electron chi connectivity index (χ4n) is 2.80. The van der Waals surface area contributed by atoms with E-state index >= 15 is 0 Å². The highest BCUT2D eigenvalue weighted by Gasteiger charge is 2.32. The molecule has 2 atom stereocenters. The van der Waals surface area contributed by atoms with Crippen LogP contribution in [0.5, 0.6) is 5.75 Å². The average molecular weight is 292 g/mol. The highest BCUT2D eigenvalue weighted by atomic mass is 16.6. The van der Waals surface area contributed by atoms with Crippen LogP contribution in [-0.4, -0.2) is 61.3 Å². The summed E-state index contributed by atoms with van der Waals surface area (Å²) in [5, 5.41) is 0. The standard InChI is InChI=1S/C16H24N2O3/c1-13-11-17(12-14(2)18(13)9-10-20-3)16(19)21-15-7-5-4-6-8-15/h4-8,13-14H,9-12H2,1-3H3. The van der Waals surface area contributed by atoms with Crippen LogP contribution in [0, 0.1) is 0 Å². The first-order valence-corrected chi connectivity index (χ1v) is 7.38. The van der Waals surface area contributed by atoms with E-state index in [9.17, 15) is 4.79 Å². The Bertz CT molecular complexity index is 440. The molecule has 1 aliphatic heterocycles. The molecular weight excluding hydrogens is 268 g/mol. The lowest BCUT2D eigenvalue weighted by Crippen LogP contribution is -2.59. The number of hydrogen-bond acceptors (Lipinski definition) is 4. The van der Waals surface area contributed by atoms with Crippen LogP contribution in [0.25, 0.3) is 0 Å². The Hall–Kier alpha value is -1.59. The van der Waals surface area contributed by atoms with Gasteiger partial charge in [-0.2, -0.15) is 0 Å². The molecule has 21 heavy (non-hydrogen) atoms. The zero-order chi connectivity index (χ0) is 15.2. The largest absolute Gasteiger partial charge is 0.415 e. The lowest BCUT2D eigenvalue weighted by molar-refractivity contribution is 0.0261. The molecule has 5 nitrogen and oxygen atoms in total. The number of benzene rings is 1. The molecule has 0 saturated carbocycles. The summed E-state index contributed by atoms with van der Waals surface area (Å²) in [7, 11) is 1.71. The number of amides is 1. The van der Waals surface area contributed by atoms with Crippen LogP contribution in [0.1, 0.15) is 13.8 Å². The van der Waals surface area contributed by atoms with E-state index in [2.05, 4.69) is 18.7 Å². The van der Waals surface area contributed by atoms with Crippen LogP contribution >= 0.6 is 0 Å². The summed E-state index contributed by atoms with van der Waals surface area (Å²) in [6, 6.07) is 9.79. The Morgan fingerprint density at radius 3 is 2.38 bits per heavy atom. The van der Waals surface area contributed by atoms with Crippen LogP contribution in [0.3, 0.4) is 0 Å². The van der Waals surface area contributed by atoms with Gasteiger partial charge < -0.3 is 14.4 Å². The molecule has 1 heterocycles. The molecule has 1 amide bonds. The average Bonchev–Trinajstić information content (AvgIpc) is 2.47.